The molecule has 0 bridgehead atoms. The molecule has 12 heteroatoms. The smallest absolute Gasteiger partial charge is 0.410 e. The molecule has 0 aromatic carbocycles. The highest BCUT2D eigenvalue weighted by Crippen LogP contribution is 2.31. The zero-order chi connectivity index (χ0) is 30.0. The molecule has 12 nitrogen and oxygen atoms in total. The van der Waals surface area contributed by atoms with E-state index in [0.717, 1.165) is 43.9 Å². The molecule has 43 heavy (non-hydrogen) atoms. The van der Waals surface area contributed by atoms with E-state index in [1.807, 2.05) is 63.3 Å². The van der Waals surface area contributed by atoms with Crippen molar-refractivity contribution in [1.29, 1.82) is 0 Å². The lowest BCUT2D eigenvalue weighted by atomic mass is 9.84. The lowest BCUT2D eigenvalue weighted by molar-refractivity contribution is 0.00736. The molecular weight excluding hydrogens is 544 g/mol. The molecular formula is C31H40N10O2. The van der Waals surface area contributed by atoms with Gasteiger partial charge in [0.1, 0.15) is 17.0 Å². The maximum Gasteiger partial charge on any atom is 0.410 e. The first-order chi connectivity index (χ1) is 20.7. The molecule has 0 N–H and O–H groups in total. The Kier molecular flexibility index (Phi) is 8.09. The standard InChI is InChI=1S/C31H40N10O2/c1-22(41-21-28(36-37-41)27-17-32-18-29(35-27)40-15-7-13-34-40)26-12-11-24(16-33-26)38-14-6-10-25(20-38)39(19-23-8-5-9-23)30(42)43-31(2,3)4/h7,11-13,15-18,21-23,25H,5-6,8-10,14,19-20H2,1-4H3/t22?,25-/m1/s1. The van der Waals surface area contributed by atoms with Crippen LogP contribution in [-0.4, -0.2) is 82.0 Å². The second kappa shape index (κ2) is 12.1. The zero-order valence-corrected chi connectivity index (χ0v) is 25.4. The Morgan fingerprint density at radius 2 is 1.98 bits per heavy atom. The summed E-state index contributed by atoms with van der Waals surface area (Å²) in [6.07, 6.45) is 16.1. The molecule has 1 saturated heterocycles. The largest absolute Gasteiger partial charge is 0.444 e. The monoisotopic (exact) mass is 584 g/mol. The number of nitrogens with zero attached hydrogens (tertiary/aromatic N) is 10. The summed E-state index contributed by atoms with van der Waals surface area (Å²) < 4.78 is 9.27. The molecule has 1 aliphatic carbocycles. The fraction of sp³-hybridized carbons (Fsp3) is 0.516. The van der Waals surface area contributed by atoms with E-state index in [0.29, 0.717) is 23.1 Å². The van der Waals surface area contributed by atoms with Crippen LogP contribution < -0.4 is 4.90 Å². The molecule has 1 saturated carbocycles. The van der Waals surface area contributed by atoms with E-state index in [2.05, 4.69) is 36.3 Å². The summed E-state index contributed by atoms with van der Waals surface area (Å²) in [7, 11) is 0. The maximum atomic E-state index is 13.2. The highest BCUT2D eigenvalue weighted by atomic mass is 16.6. The van der Waals surface area contributed by atoms with E-state index >= 15 is 0 Å². The van der Waals surface area contributed by atoms with E-state index < -0.39 is 5.60 Å². The lowest BCUT2D eigenvalue weighted by Crippen LogP contribution is -2.53. The van der Waals surface area contributed by atoms with Crippen LogP contribution in [0.1, 0.15) is 71.5 Å². The van der Waals surface area contributed by atoms with Crippen molar-refractivity contribution in [2.24, 2.45) is 5.92 Å². The van der Waals surface area contributed by atoms with Crippen molar-refractivity contribution in [3.8, 4) is 17.2 Å². The third-order valence-corrected chi connectivity index (χ3v) is 8.24. The second-order valence-electron chi connectivity index (χ2n) is 12.6. The summed E-state index contributed by atoms with van der Waals surface area (Å²) in [5.41, 5.74) is 2.67. The molecule has 4 aromatic rings. The van der Waals surface area contributed by atoms with Gasteiger partial charge in [-0.1, -0.05) is 11.6 Å². The predicted octanol–water partition coefficient (Wildman–Crippen LogP) is 4.93. The van der Waals surface area contributed by atoms with Crippen molar-refractivity contribution in [3.63, 3.8) is 0 Å². The molecule has 0 spiro atoms. The maximum absolute atomic E-state index is 13.2. The summed E-state index contributed by atoms with van der Waals surface area (Å²) in [6, 6.07) is 5.98. The van der Waals surface area contributed by atoms with Crippen LogP contribution in [0.3, 0.4) is 0 Å². The number of hydrogen-bond donors (Lipinski definition) is 0. The van der Waals surface area contributed by atoms with Gasteiger partial charge in [0, 0.05) is 32.0 Å². The first kappa shape index (κ1) is 28.8. The third kappa shape index (κ3) is 6.68. The fourth-order valence-electron chi connectivity index (χ4n) is 5.63. The molecule has 5 heterocycles. The van der Waals surface area contributed by atoms with Crippen LogP contribution in [0, 0.1) is 5.92 Å². The first-order valence-electron chi connectivity index (χ1n) is 15.2. The zero-order valence-electron chi connectivity index (χ0n) is 25.4. The lowest BCUT2D eigenvalue weighted by Gasteiger charge is -2.43. The van der Waals surface area contributed by atoms with Gasteiger partial charge in [-0.05, 0) is 77.5 Å². The average Bonchev–Trinajstić information content (AvgIpc) is 3.69. The van der Waals surface area contributed by atoms with Crippen LogP contribution in [-0.2, 0) is 4.74 Å². The van der Waals surface area contributed by atoms with E-state index in [-0.39, 0.29) is 18.2 Å². The number of amides is 1. The van der Waals surface area contributed by atoms with Crippen LogP contribution in [0.2, 0.25) is 0 Å². The minimum Gasteiger partial charge on any atom is -0.444 e. The topological polar surface area (TPSA) is 120 Å². The molecule has 0 radical (unpaired) electrons. The van der Waals surface area contributed by atoms with Gasteiger partial charge >= 0.3 is 6.09 Å². The highest BCUT2D eigenvalue weighted by molar-refractivity contribution is 5.69. The van der Waals surface area contributed by atoms with Crippen LogP contribution >= 0.6 is 0 Å². The number of carbonyl (C=O) groups excluding carboxylic acids is 1. The number of anilines is 1. The average molecular weight is 585 g/mol. The van der Waals surface area contributed by atoms with Crippen LogP contribution in [0.5, 0.6) is 0 Å². The van der Waals surface area contributed by atoms with Gasteiger partial charge in [-0.3, -0.25) is 9.97 Å². The summed E-state index contributed by atoms with van der Waals surface area (Å²) in [4.78, 5) is 31.3. The number of piperidine rings is 1. The number of ether oxygens (including phenoxy) is 1. The number of carbonyl (C=O) groups is 1. The Hall–Kier alpha value is -4.35. The molecule has 226 valence electrons. The summed E-state index contributed by atoms with van der Waals surface area (Å²) in [5.74, 6) is 1.19. The number of aromatic nitrogens is 8. The molecule has 4 aromatic heterocycles. The van der Waals surface area contributed by atoms with Gasteiger partial charge in [0.2, 0.25) is 0 Å². The van der Waals surface area contributed by atoms with Crippen LogP contribution in [0.4, 0.5) is 10.5 Å². The van der Waals surface area contributed by atoms with Gasteiger partial charge in [-0.15, -0.1) is 5.10 Å². The van der Waals surface area contributed by atoms with Crippen LogP contribution in [0.25, 0.3) is 17.2 Å². The van der Waals surface area contributed by atoms with Crippen molar-refractivity contribution in [2.45, 2.75) is 77.5 Å². The van der Waals surface area contributed by atoms with Gasteiger partial charge in [-0.25, -0.2) is 19.1 Å². The van der Waals surface area contributed by atoms with E-state index in [1.54, 1.807) is 28.0 Å². The van der Waals surface area contributed by atoms with Gasteiger partial charge in [0.05, 0.1) is 48.3 Å². The molecule has 2 aliphatic rings. The molecule has 1 aliphatic heterocycles. The molecule has 2 atom stereocenters. The van der Waals surface area contributed by atoms with Gasteiger partial charge in [-0.2, -0.15) is 5.10 Å². The molecule has 1 unspecified atom stereocenters. The van der Waals surface area contributed by atoms with Crippen molar-refractivity contribution < 1.29 is 9.53 Å². The Labute approximate surface area is 252 Å². The predicted molar refractivity (Wildman–Crippen MR) is 162 cm³/mol. The minimum atomic E-state index is -0.512. The molecule has 6 rings (SSSR count). The SMILES string of the molecule is CC(c1ccc(N2CCC[C@@H](N(CC3CCC3)C(=O)OC(C)(C)C)C2)cn1)n1cc(-c2cncc(-n3cccn3)n2)nn1. The van der Waals surface area contributed by atoms with E-state index in [4.69, 9.17) is 9.72 Å². The number of pyridine rings is 1. The normalized spacial score (nSPS) is 18.2. The van der Waals surface area contributed by atoms with Gasteiger partial charge in [0.15, 0.2) is 5.82 Å². The van der Waals surface area contributed by atoms with Crippen molar-refractivity contribution in [1.82, 2.24) is 44.6 Å². The Balaban J connectivity index is 1.13. The van der Waals surface area contributed by atoms with Crippen LogP contribution in [0.15, 0.2) is 55.4 Å². The van der Waals surface area contributed by atoms with Crippen molar-refractivity contribution in [3.05, 3.63) is 61.1 Å². The van der Waals surface area contributed by atoms with Gasteiger partial charge < -0.3 is 14.5 Å². The quantitative estimate of drug-likeness (QED) is 0.284. The summed E-state index contributed by atoms with van der Waals surface area (Å²) >= 11 is 0. The highest BCUT2D eigenvalue weighted by Gasteiger charge is 2.34. The van der Waals surface area contributed by atoms with Crippen molar-refractivity contribution in [2.75, 3.05) is 24.5 Å². The summed E-state index contributed by atoms with van der Waals surface area (Å²) in [6.45, 7) is 10.3. The second-order valence-corrected chi connectivity index (χ2v) is 12.6. The Morgan fingerprint density at radius 3 is 2.67 bits per heavy atom. The minimum absolute atomic E-state index is 0.117. The number of hydrogen-bond acceptors (Lipinski definition) is 9. The Bertz CT molecular complexity index is 1510. The Morgan fingerprint density at radius 1 is 1.12 bits per heavy atom. The van der Waals surface area contributed by atoms with Gasteiger partial charge in [0.25, 0.3) is 0 Å². The van der Waals surface area contributed by atoms with E-state index in [9.17, 15) is 4.79 Å². The first-order valence-corrected chi connectivity index (χ1v) is 15.2. The van der Waals surface area contributed by atoms with E-state index in [1.165, 1.54) is 19.3 Å². The van der Waals surface area contributed by atoms with Crippen molar-refractivity contribution >= 4 is 11.8 Å². The number of rotatable bonds is 8. The third-order valence-electron chi connectivity index (χ3n) is 8.24. The summed E-state index contributed by atoms with van der Waals surface area (Å²) in [5, 5.41) is 12.9. The molecule has 1 amide bonds. The molecule has 2 fully saturated rings. The fourth-order valence-corrected chi connectivity index (χ4v) is 5.63.